The van der Waals surface area contributed by atoms with Crippen LogP contribution in [0.3, 0.4) is 0 Å². The Hall–Kier alpha value is -2.46. The van der Waals surface area contributed by atoms with Crippen molar-refractivity contribution in [2.75, 3.05) is 39.6 Å². The minimum Gasteiger partial charge on any atom is -0.462 e. The first-order chi connectivity index (χ1) is 45.1. The molecule has 548 valence electrons. The van der Waals surface area contributed by atoms with Gasteiger partial charge in [0.25, 0.3) is 0 Å². The summed E-state index contributed by atoms with van der Waals surface area (Å²) < 4.78 is 68.4. The molecule has 0 radical (unpaired) electrons. The first kappa shape index (κ1) is 90.5. The zero-order chi connectivity index (χ0) is 68.4. The van der Waals surface area contributed by atoms with Crippen LogP contribution in [-0.4, -0.2) is 96.7 Å². The minimum absolute atomic E-state index is 0.0856. The van der Waals surface area contributed by atoms with Crippen LogP contribution in [0.15, 0.2) is 24.3 Å². The van der Waals surface area contributed by atoms with Gasteiger partial charge in [-0.15, -0.1) is 0 Å². The molecule has 0 aliphatic rings. The Kier molecular flexibility index (Phi) is 65.0. The Morgan fingerprint density at radius 1 is 0.344 bits per heavy atom. The predicted molar refractivity (Wildman–Crippen MR) is 377 cm³/mol. The number of esters is 4. The molecule has 0 aromatic rings. The van der Waals surface area contributed by atoms with E-state index in [1.165, 1.54) is 173 Å². The molecule has 19 heteroatoms. The zero-order valence-electron chi connectivity index (χ0n) is 59.9. The summed E-state index contributed by atoms with van der Waals surface area (Å²) in [6, 6.07) is 0. The maximum atomic E-state index is 13.1. The highest BCUT2D eigenvalue weighted by Crippen LogP contribution is 2.45. The number of unbranched alkanes of at least 4 members (excludes halogenated alkanes) is 40. The van der Waals surface area contributed by atoms with E-state index in [0.29, 0.717) is 25.7 Å². The number of allylic oxidation sites excluding steroid dienone is 4. The van der Waals surface area contributed by atoms with Gasteiger partial charge in [-0.25, -0.2) is 9.13 Å². The van der Waals surface area contributed by atoms with Crippen LogP contribution in [0.2, 0.25) is 0 Å². The van der Waals surface area contributed by atoms with Crippen LogP contribution in [-0.2, 0) is 65.4 Å². The molecule has 17 nitrogen and oxygen atoms in total. The van der Waals surface area contributed by atoms with Gasteiger partial charge in [0.05, 0.1) is 26.4 Å². The Balaban J connectivity index is 5.29. The SMILES string of the molecule is CCCCCC/C=C\C=C/CCCCCCCC(=O)O[C@H](COC(=O)CCCCCCCCCCCCCCCCC)COP(=O)(O)OC[C@@H](O)COP(=O)(O)OC[C@@H](COC(=O)CCCCCCCCCCCCC)OC(=O)CCCCCCCCCCC(C)CC. The van der Waals surface area contributed by atoms with E-state index in [9.17, 15) is 43.2 Å². The van der Waals surface area contributed by atoms with Gasteiger partial charge in [0, 0.05) is 25.7 Å². The fourth-order valence-electron chi connectivity index (χ4n) is 10.8. The molecule has 0 spiro atoms. The summed E-state index contributed by atoms with van der Waals surface area (Å²) in [6.07, 6.45) is 57.5. The minimum atomic E-state index is -4.96. The largest absolute Gasteiger partial charge is 0.472 e. The lowest BCUT2D eigenvalue weighted by atomic mass is 9.99. The lowest BCUT2D eigenvalue weighted by Crippen LogP contribution is -2.30. The van der Waals surface area contributed by atoms with E-state index < -0.39 is 97.5 Å². The third-order valence-electron chi connectivity index (χ3n) is 17.0. The number of aliphatic hydroxyl groups excluding tert-OH is 1. The highest BCUT2D eigenvalue weighted by atomic mass is 31.2. The molecule has 0 aliphatic carbocycles. The molecule has 0 bridgehead atoms. The predicted octanol–water partition coefficient (Wildman–Crippen LogP) is 21.2. The highest BCUT2D eigenvalue weighted by Gasteiger charge is 2.30. The van der Waals surface area contributed by atoms with E-state index in [1.807, 2.05) is 0 Å². The molecule has 6 atom stereocenters. The van der Waals surface area contributed by atoms with Crippen molar-refractivity contribution in [1.29, 1.82) is 0 Å². The topological polar surface area (TPSA) is 237 Å². The lowest BCUT2D eigenvalue weighted by molar-refractivity contribution is -0.161. The van der Waals surface area contributed by atoms with Crippen LogP contribution < -0.4 is 0 Å². The van der Waals surface area contributed by atoms with Crippen molar-refractivity contribution < 1.29 is 80.2 Å². The van der Waals surface area contributed by atoms with Crippen LogP contribution >= 0.6 is 15.6 Å². The number of hydrogen-bond acceptors (Lipinski definition) is 15. The van der Waals surface area contributed by atoms with Crippen LogP contribution in [0.5, 0.6) is 0 Å². The van der Waals surface area contributed by atoms with Gasteiger partial charge in [-0.3, -0.25) is 37.3 Å². The Morgan fingerprint density at radius 3 is 0.914 bits per heavy atom. The first-order valence-corrected chi connectivity index (χ1v) is 41.0. The Morgan fingerprint density at radius 2 is 0.602 bits per heavy atom. The molecule has 0 rings (SSSR count). The Labute approximate surface area is 567 Å². The number of aliphatic hydroxyl groups is 1. The molecule has 3 N–H and O–H groups in total. The van der Waals surface area contributed by atoms with Gasteiger partial charge in [0.1, 0.15) is 19.3 Å². The summed E-state index contributed by atoms with van der Waals surface area (Å²) in [7, 11) is -9.92. The van der Waals surface area contributed by atoms with E-state index in [-0.39, 0.29) is 25.7 Å². The molecular formula is C74H140O17P2. The third-order valence-corrected chi connectivity index (χ3v) is 18.9. The molecule has 93 heavy (non-hydrogen) atoms. The number of ether oxygens (including phenoxy) is 4. The van der Waals surface area contributed by atoms with E-state index >= 15 is 0 Å². The number of carbonyl (C=O) groups excluding carboxylic acids is 4. The summed E-state index contributed by atoms with van der Waals surface area (Å²) in [5, 5.41) is 10.6. The normalized spacial score (nSPS) is 14.5. The smallest absolute Gasteiger partial charge is 0.462 e. The van der Waals surface area contributed by atoms with Crippen LogP contribution in [0.25, 0.3) is 0 Å². The number of hydrogen-bond donors (Lipinski definition) is 3. The van der Waals surface area contributed by atoms with Crippen molar-refractivity contribution in [2.24, 2.45) is 5.92 Å². The van der Waals surface area contributed by atoms with Gasteiger partial charge in [0.15, 0.2) is 12.2 Å². The molecule has 3 unspecified atom stereocenters. The molecule has 0 fully saturated rings. The molecule has 0 aromatic carbocycles. The summed E-state index contributed by atoms with van der Waals surface area (Å²) in [5.74, 6) is -1.38. The highest BCUT2D eigenvalue weighted by molar-refractivity contribution is 7.47. The average molecular weight is 1360 g/mol. The standard InChI is InChI=1S/C74H140O17P2/c1-6-10-13-16-19-22-25-27-29-31-34-37-43-48-53-58-72(77)85-63-69(90-73(78)59-54-49-44-38-35-32-30-28-26-23-20-17-14-11-7-2)65-88-92(80,81)86-61-68(75)62-87-93(82,83)89-66-70(64-84-71(76)57-52-47-42-36-33-24-21-18-15-12-8-3)91-74(79)60-55-50-45-40-39-41-46-51-56-67(5)9-4/h23,26,28,30,67-70,75H,6-22,24-25,27,29,31-66H2,1-5H3,(H,80,81)(H,82,83)/b26-23-,30-28-/t67?,68-,69-,70-/m1/s1. The molecular weight excluding hydrogens is 1220 g/mol. The van der Waals surface area contributed by atoms with Crippen molar-refractivity contribution in [2.45, 2.75) is 380 Å². The molecule has 0 aromatic heterocycles. The summed E-state index contributed by atoms with van der Waals surface area (Å²) in [6.45, 7) is 7.20. The maximum absolute atomic E-state index is 13.1. The molecule has 0 aliphatic heterocycles. The van der Waals surface area contributed by atoms with E-state index in [0.717, 1.165) is 109 Å². The van der Waals surface area contributed by atoms with Gasteiger partial charge in [-0.1, -0.05) is 309 Å². The second-order valence-electron chi connectivity index (χ2n) is 26.2. The Bertz CT molecular complexity index is 1880. The van der Waals surface area contributed by atoms with Crippen molar-refractivity contribution in [3.8, 4) is 0 Å². The fourth-order valence-corrected chi connectivity index (χ4v) is 12.4. The molecule has 0 saturated heterocycles. The quantitative estimate of drug-likeness (QED) is 0.0169. The van der Waals surface area contributed by atoms with Crippen LogP contribution in [0.1, 0.15) is 362 Å². The molecule has 0 heterocycles. The van der Waals surface area contributed by atoms with Crippen molar-refractivity contribution in [3.05, 3.63) is 24.3 Å². The average Bonchev–Trinajstić information content (AvgIpc) is 3.32. The summed E-state index contributed by atoms with van der Waals surface area (Å²) in [5.41, 5.74) is 0. The van der Waals surface area contributed by atoms with Crippen molar-refractivity contribution >= 4 is 39.5 Å². The monoisotopic (exact) mass is 1360 g/mol. The third kappa shape index (κ3) is 66.6. The number of phosphoric ester groups is 2. The van der Waals surface area contributed by atoms with Crippen molar-refractivity contribution in [1.82, 2.24) is 0 Å². The molecule has 0 amide bonds. The van der Waals surface area contributed by atoms with Gasteiger partial charge in [0.2, 0.25) is 0 Å². The second-order valence-corrected chi connectivity index (χ2v) is 29.1. The van der Waals surface area contributed by atoms with Gasteiger partial charge in [-0.05, 0) is 57.3 Å². The van der Waals surface area contributed by atoms with E-state index in [4.69, 9.17) is 37.0 Å². The zero-order valence-corrected chi connectivity index (χ0v) is 61.7. The van der Waals surface area contributed by atoms with Crippen LogP contribution in [0, 0.1) is 5.92 Å². The first-order valence-electron chi connectivity index (χ1n) is 38.0. The second kappa shape index (κ2) is 66.8. The van der Waals surface area contributed by atoms with Gasteiger partial charge >= 0.3 is 39.5 Å². The van der Waals surface area contributed by atoms with Crippen LogP contribution in [0.4, 0.5) is 0 Å². The molecule has 0 saturated carbocycles. The maximum Gasteiger partial charge on any atom is 0.472 e. The number of carbonyl (C=O) groups is 4. The van der Waals surface area contributed by atoms with Crippen molar-refractivity contribution in [3.63, 3.8) is 0 Å². The van der Waals surface area contributed by atoms with E-state index in [2.05, 4.69) is 58.9 Å². The van der Waals surface area contributed by atoms with Gasteiger partial charge in [-0.2, -0.15) is 0 Å². The summed E-state index contributed by atoms with van der Waals surface area (Å²) >= 11 is 0. The number of phosphoric acid groups is 2. The summed E-state index contributed by atoms with van der Waals surface area (Å²) in [4.78, 5) is 72.7. The fraction of sp³-hybridized carbons (Fsp3) is 0.892. The number of rotatable bonds is 72. The lowest BCUT2D eigenvalue weighted by Gasteiger charge is -2.21. The van der Waals surface area contributed by atoms with E-state index in [1.54, 1.807) is 0 Å². The van der Waals surface area contributed by atoms with Gasteiger partial charge < -0.3 is 33.8 Å².